The van der Waals surface area contributed by atoms with Gasteiger partial charge in [-0.25, -0.2) is 4.98 Å². The minimum absolute atomic E-state index is 0.177. The maximum atomic E-state index is 12.5. The van der Waals surface area contributed by atoms with Crippen LogP contribution >= 0.6 is 15.9 Å². The molecular weight excluding hydrogens is 428 g/mol. The lowest BCUT2D eigenvalue weighted by Gasteiger charge is -2.05. The van der Waals surface area contributed by atoms with Gasteiger partial charge in [0.1, 0.15) is 5.52 Å². The Morgan fingerprint density at radius 2 is 1.72 bits per heavy atom. The molecule has 0 spiro atoms. The zero-order valence-corrected chi connectivity index (χ0v) is 16.8. The van der Waals surface area contributed by atoms with Crippen molar-refractivity contribution in [3.05, 3.63) is 95.0 Å². The number of nitrogens with zero attached hydrogens (tertiary/aromatic N) is 1. The van der Waals surface area contributed by atoms with Crippen LogP contribution in [0, 0.1) is 0 Å². The summed E-state index contributed by atoms with van der Waals surface area (Å²) in [7, 11) is 0. The molecule has 0 bridgehead atoms. The molecule has 1 aromatic heterocycles. The van der Waals surface area contributed by atoms with Gasteiger partial charge in [-0.1, -0.05) is 52.3 Å². The van der Waals surface area contributed by atoms with Gasteiger partial charge in [-0.3, -0.25) is 4.79 Å². The van der Waals surface area contributed by atoms with E-state index in [0.717, 1.165) is 15.4 Å². The van der Waals surface area contributed by atoms with Crippen LogP contribution in [0.3, 0.4) is 0 Å². The number of carbonyl (C=O) groups excluding carboxylic acids is 1. The molecule has 5 rings (SSSR count). The van der Waals surface area contributed by atoms with Crippen LogP contribution in [0.4, 0.5) is 5.69 Å². The quantitative estimate of drug-likeness (QED) is 0.339. The smallest absolute Gasteiger partial charge is 0.255 e. The molecule has 4 aromatic carbocycles. The van der Waals surface area contributed by atoms with Crippen molar-refractivity contribution in [2.45, 2.75) is 0 Å². The lowest BCUT2D eigenvalue weighted by atomic mass is 10.1. The van der Waals surface area contributed by atoms with Gasteiger partial charge >= 0.3 is 0 Å². The Morgan fingerprint density at radius 3 is 2.59 bits per heavy atom. The molecule has 0 aliphatic rings. The Kier molecular flexibility index (Phi) is 4.37. The third kappa shape index (κ3) is 3.52. The van der Waals surface area contributed by atoms with E-state index in [9.17, 15) is 4.79 Å². The number of halogens is 1. The molecule has 0 aliphatic heterocycles. The summed E-state index contributed by atoms with van der Waals surface area (Å²) < 4.78 is 6.79. The molecule has 1 heterocycles. The molecule has 5 heteroatoms. The summed E-state index contributed by atoms with van der Waals surface area (Å²) in [5.41, 5.74) is 3.53. The topological polar surface area (TPSA) is 55.1 Å². The van der Waals surface area contributed by atoms with E-state index < -0.39 is 0 Å². The van der Waals surface area contributed by atoms with Gasteiger partial charge in [0.05, 0.1) is 0 Å². The highest BCUT2D eigenvalue weighted by atomic mass is 79.9. The molecule has 29 heavy (non-hydrogen) atoms. The van der Waals surface area contributed by atoms with E-state index in [4.69, 9.17) is 4.42 Å². The van der Waals surface area contributed by atoms with Crippen molar-refractivity contribution in [3.8, 4) is 11.5 Å². The predicted octanol–water partition coefficient (Wildman–Crippen LogP) is 6.66. The van der Waals surface area contributed by atoms with Crippen molar-refractivity contribution < 1.29 is 9.21 Å². The zero-order valence-electron chi connectivity index (χ0n) is 15.2. The van der Waals surface area contributed by atoms with E-state index in [2.05, 4.69) is 50.5 Å². The number of amides is 1. The monoisotopic (exact) mass is 442 g/mol. The highest BCUT2D eigenvalue weighted by molar-refractivity contribution is 9.10. The van der Waals surface area contributed by atoms with Gasteiger partial charge < -0.3 is 9.73 Å². The van der Waals surface area contributed by atoms with Crippen LogP contribution in [0.15, 0.2) is 93.8 Å². The van der Waals surface area contributed by atoms with E-state index >= 15 is 0 Å². The first-order valence-corrected chi connectivity index (χ1v) is 9.92. The molecule has 140 valence electrons. The van der Waals surface area contributed by atoms with E-state index in [1.807, 2.05) is 48.5 Å². The van der Waals surface area contributed by atoms with E-state index in [0.29, 0.717) is 28.2 Å². The number of fused-ring (bicyclic) bond motifs is 2. The SMILES string of the molecule is O=C(Nc1ccc2oc(-c3ccc4ccccc4c3)nc2c1)c1cccc(Br)c1. The minimum Gasteiger partial charge on any atom is -0.436 e. The Hall–Kier alpha value is -3.44. The molecule has 0 atom stereocenters. The Labute approximate surface area is 175 Å². The molecule has 1 N–H and O–H groups in total. The number of benzene rings is 4. The third-order valence-corrected chi connectivity index (χ3v) is 5.22. The maximum absolute atomic E-state index is 12.5. The van der Waals surface area contributed by atoms with Gasteiger partial charge in [0.2, 0.25) is 5.89 Å². The van der Waals surface area contributed by atoms with Crippen LogP contribution in [-0.4, -0.2) is 10.9 Å². The predicted molar refractivity (Wildman–Crippen MR) is 119 cm³/mol. The molecule has 0 aliphatic carbocycles. The van der Waals surface area contributed by atoms with Gasteiger partial charge in [-0.2, -0.15) is 0 Å². The van der Waals surface area contributed by atoms with Gasteiger partial charge in [-0.15, -0.1) is 0 Å². The Bertz CT molecular complexity index is 1370. The van der Waals surface area contributed by atoms with Crippen molar-refractivity contribution in [1.29, 1.82) is 0 Å². The van der Waals surface area contributed by atoms with Gasteiger partial charge in [0.25, 0.3) is 5.91 Å². The first-order valence-electron chi connectivity index (χ1n) is 9.12. The van der Waals surface area contributed by atoms with Crippen LogP contribution in [-0.2, 0) is 0 Å². The average molecular weight is 443 g/mol. The van der Waals surface area contributed by atoms with Crippen molar-refractivity contribution in [2.75, 3.05) is 5.32 Å². The van der Waals surface area contributed by atoms with Gasteiger partial charge in [0.15, 0.2) is 5.58 Å². The molecule has 0 unspecified atom stereocenters. The second kappa shape index (κ2) is 7.18. The summed E-state index contributed by atoms with van der Waals surface area (Å²) >= 11 is 3.39. The second-order valence-corrected chi connectivity index (χ2v) is 7.64. The van der Waals surface area contributed by atoms with Crippen LogP contribution in [0.25, 0.3) is 33.3 Å². The van der Waals surface area contributed by atoms with Crippen molar-refractivity contribution >= 4 is 49.4 Å². The van der Waals surface area contributed by atoms with Crippen LogP contribution in [0.1, 0.15) is 10.4 Å². The highest BCUT2D eigenvalue weighted by Gasteiger charge is 2.11. The molecular formula is C24H15BrN2O2. The van der Waals surface area contributed by atoms with E-state index in [1.54, 1.807) is 12.1 Å². The van der Waals surface area contributed by atoms with Crippen molar-refractivity contribution in [3.63, 3.8) is 0 Å². The third-order valence-electron chi connectivity index (χ3n) is 4.73. The van der Waals surface area contributed by atoms with E-state index in [-0.39, 0.29) is 5.91 Å². The Balaban J connectivity index is 1.45. The lowest BCUT2D eigenvalue weighted by molar-refractivity contribution is 0.102. The molecule has 0 radical (unpaired) electrons. The minimum atomic E-state index is -0.177. The molecule has 0 saturated heterocycles. The summed E-state index contributed by atoms with van der Waals surface area (Å²) in [4.78, 5) is 17.1. The Morgan fingerprint density at radius 1 is 0.862 bits per heavy atom. The molecule has 4 nitrogen and oxygen atoms in total. The van der Waals surface area contributed by atoms with Gasteiger partial charge in [0, 0.05) is 21.3 Å². The number of anilines is 1. The fourth-order valence-corrected chi connectivity index (χ4v) is 3.68. The second-order valence-electron chi connectivity index (χ2n) is 6.73. The highest BCUT2D eigenvalue weighted by Crippen LogP contribution is 2.28. The molecule has 5 aromatic rings. The number of oxazole rings is 1. The first-order chi connectivity index (χ1) is 14.2. The number of carbonyl (C=O) groups is 1. The fourth-order valence-electron chi connectivity index (χ4n) is 3.28. The standard InChI is InChI=1S/C24H15BrN2O2/c25-19-7-3-6-17(13-19)23(28)26-20-10-11-22-21(14-20)27-24(29-22)18-9-8-15-4-1-2-5-16(15)12-18/h1-14H,(H,26,28). The number of nitrogens with one attached hydrogen (secondary N) is 1. The number of rotatable bonds is 3. The van der Waals surface area contributed by atoms with E-state index in [1.165, 1.54) is 5.39 Å². The summed E-state index contributed by atoms with van der Waals surface area (Å²) in [5, 5.41) is 5.21. The summed E-state index contributed by atoms with van der Waals surface area (Å²) in [6.07, 6.45) is 0. The maximum Gasteiger partial charge on any atom is 0.255 e. The van der Waals surface area contributed by atoms with Crippen LogP contribution in [0.5, 0.6) is 0 Å². The number of hydrogen-bond acceptors (Lipinski definition) is 3. The normalized spacial score (nSPS) is 11.1. The molecule has 1 amide bonds. The first kappa shape index (κ1) is 17.6. The zero-order chi connectivity index (χ0) is 19.8. The number of aromatic nitrogens is 1. The van der Waals surface area contributed by atoms with Crippen LogP contribution < -0.4 is 5.32 Å². The van der Waals surface area contributed by atoms with Crippen LogP contribution in [0.2, 0.25) is 0 Å². The summed E-state index contributed by atoms with van der Waals surface area (Å²) in [6.45, 7) is 0. The largest absolute Gasteiger partial charge is 0.436 e. The average Bonchev–Trinajstić information content (AvgIpc) is 3.17. The molecule has 0 fully saturated rings. The number of hydrogen-bond donors (Lipinski definition) is 1. The summed E-state index contributed by atoms with van der Waals surface area (Å²) in [5.74, 6) is 0.380. The molecule has 0 saturated carbocycles. The lowest BCUT2D eigenvalue weighted by Crippen LogP contribution is -2.11. The van der Waals surface area contributed by atoms with Crippen molar-refractivity contribution in [1.82, 2.24) is 4.98 Å². The van der Waals surface area contributed by atoms with Gasteiger partial charge in [-0.05, 0) is 59.3 Å². The van der Waals surface area contributed by atoms with Crippen molar-refractivity contribution in [2.24, 2.45) is 0 Å². The summed E-state index contributed by atoms with van der Waals surface area (Å²) in [6, 6.07) is 27.0. The fraction of sp³-hybridized carbons (Fsp3) is 0.